The second kappa shape index (κ2) is 6.55. The van der Waals surface area contributed by atoms with Gasteiger partial charge in [0.05, 0.1) is 19.6 Å². The van der Waals surface area contributed by atoms with Crippen molar-refractivity contribution in [3.05, 3.63) is 35.8 Å². The Balaban J connectivity index is 2.48. The molecule has 0 bridgehead atoms. The van der Waals surface area contributed by atoms with Gasteiger partial charge < -0.3 is 15.2 Å². The summed E-state index contributed by atoms with van der Waals surface area (Å²) in [5.41, 5.74) is 10.7. The molecule has 0 radical (unpaired) electrons. The molecule has 6 nitrogen and oxygen atoms in total. The van der Waals surface area contributed by atoms with E-state index in [2.05, 4.69) is 28.8 Å². The Labute approximate surface area is 147 Å². The van der Waals surface area contributed by atoms with Crippen LogP contribution in [0.15, 0.2) is 24.5 Å². The molecule has 0 unspecified atom stereocenters. The number of hydrogen-bond donors (Lipinski definition) is 1. The van der Waals surface area contributed by atoms with E-state index in [0.717, 1.165) is 33.5 Å². The van der Waals surface area contributed by atoms with Crippen LogP contribution >= 0.6 is 0 Å². The summed E-state index contributed by atoms with van der Waals surface area (Å²) in [6.45, 7) is 6.26. The molecule has 25 heavy (non-hydrogen) atoms. The van der Waals surface area contributed by atoms with Crippen LogP contribution in [-0.2, 0) is 0 Å². The Morgan fingerprint density at radius 2 is 1.84 bits per heavy atom. The molecule has 0 aliphatic heterocycles. The first-order chi connectivity index (χ1) is 12.0. The van der Waals surface area contributed by atoms with Crippen molar-refractivity contribution in [2.45, 2.75) is 26.7 Å². The van der Waals surface area contributed by atoms with Crippen molar-refractivity contribution in [3.8, 4) is 22.6 Å². The van der Waals surface area contributed by atoms with Gasteiger partial charge in [-0.15, -0.1) is 0 Å². The molecular formula is C19H22N4O2. The molecule has 2 N–H and O–H groups in total. The summed E-state index contributed by atoms with van der Waals surface area (Å²) in [4.78, 5) is 13.1. The number of fused-ring (bicyclic) bond motifs is 1. The second-order valence-electron chi connectivity index (χ2n) is 6.16. The van der Waals surface area contributed by atoms with Crippen LogP contribution in [0.25, 0.3) is 22.2 Å². The third-order valence-electron chi connectivity index (χ3n) is 4.29. The van der Waals surface area contributed by atoms with Gasteiger partial charge in [0.15, 0.2) is 5.65 Å². The van der Waals surface area contributed by atoms with E-state index in [0.29, 0.717) is 17.2 Å². The number of anilines is 1. The predicted molar refractivity (Wildman–Crippen MR) is 99.1 cm³/mol. The Hall–Kier alpha value is -2.89. The zero-order valence-corrected chi connectivity index (χ0v) is 15.1. The standard InChI is InChI=1S/C19H22N4O2/c1-10(2)15-11(3)23-19-17(18(20)21-9-22-19)16(15)13-7-6-12(24-4)8-14(13)25-5/h6-10H,1-5H3,(H2,20,21,22,23). The number of hydrogen-bond acceptors (Lipinski definition) is 6. The van der Waals surface area contributed by atoms with E-state index in [9.17, 15) is 0 Å². The van der Waals surface area contributed by atoms with Crippen LogP contribution in [0, 0.1) is 6.92 Å². The maximum Gasteiger partial charge on any atom is 0.165 e. The van der Waals surface area contributed by atoms with Crippen LogP contribution in [-0.4, -0.2) is 29.2 Å². The van der Waals surface area contributed by atoms with Gasteiger partial charge in [0.1, 0.15) is 23.6 Å². The predicted octanol–water partition coefficient (Wildman–Crippen LogP) is 3.72. The third kappa shape index (κ3) is 2.84. The molecule has 0 amide bonds. The average molecular weight is 338 g/mol. The van der Waals surface area contributed by atoms with Crippen molar-refractivity contribution >= 4 is 16.9 Å². The molecule has 2 heterocycles. The van der Waals surface area contributed by atoms with Crippen LogP contribution in [0.3, 0.4) is 0 Å². The van der Waals surface area contributed by atoms with E-state index in [1.165, 1.54) is 6.33 Å². The van der Waals surface area contributed by atoms with Gasteiger partial charge in [-0.25, -0.2) is 15.0 Å². The first-order valence-corrected chi connectivity index (χ1v) is 8.11. The summed E-state index contributed by atoms with van der Waals surface area (Å²) in [6.07, 6.45) is 1.44. The van der Waals surface area contributed by atoms with E-state index in [4.69, 9.17) is 15.2 Å². The lowest BCUT2D eigenvalue weighted by molar-refractivity contribution is 0.395. The fraction of sp³-hybridized carbons (Fsp3) is 0.316. The van der Waals surface area contributed by atoms with Gasteiger partial charge in [0.2, 0.25) is 0 Å². The number of nitrogens with zero attached hydrogens (tertiary/aromatic N) is 3. The fourth-order valence-electron chi connectivity index (χ4n) is 3.24. The summed E-state index contributed by atoms with van der Waals surface area (Å²) in [5, 5.41) is 0.750. The van der Waals surface area contributed by atoms with Gasteiger partial charge in [0.25, 0.3) is 0 Å². The Morgan fingerprint density at radius 3 is 2.48 bits per heavy atom. The number of methoxy groups -OCH3 is 2. The minimum atomic E-state index is 0.248. The maximum absolute atomic E-state index is 6.20. The monoisotopic (exact) mass is 338 g/mol. The molecule has 0 saturated carbocycles. The van der Waals surface area contributed by atoms with E-state index < -0.39 is 0 Å². The molecule has 6 heteroatoms. The minimum Gasteiger partial charge on any atom is -0.497 e. The smallest absolute Gasteiger partial charge is 0.165 e. The molecule has 1 aromatic carbocycles. The Kier molecular flexibility index (Phi) is 4.44. The maximum atomic E-state index is 6.20. The molecule has 0 aliphatic carbocycles. The summed E-state index contributed by atoms with van der Waals surface area (Å²) < 4.78 is 10.9. The largest absolute Gasteiger partial charge is 0.497 e. The Morgan fingerprint density at radius 1 is 1.08 bits per heavy atom. The molecule has 0 aliphatic rings. The summed E-state index contributed by atoms with van der Waals surface area (Å²) in [7, 11) is 3.27. The van der Waals surface area contributed by atoms with E-state index in [-0.39, 0.29) is 5.92 Å². The summed E-state index contributed by atoms with van der Waals surface area (Å²) in [5.74, 6) is 2.09. The van der Waals surface area contributed by atoms with Crippen LogP contribution in [0.1, 0.15) is 31.0 Å². The highest BCUT2D eigenvalue weighted by molar-refractivity contribution is 6.02. The number of ether oxygens (including phenoxy) is 2. The number of aryl methyl sites for hydroxylation is 1. The van der Waals surface area contributed by atoms with Gasteiger partial charge in [-0.1, -0.05) is 13.8 Å². The molecule has 0 spiro atoms. The molecule has 0 atom stereocenters. The molecule has 3 aromatic rings. The molecule has 0 saturated heterocycles. The van der Waals surface area contributed by atoms with E-state index in [1.54, 1.807) is 14.2 Å². The lowest BCUT2D eigenvalue weighted by Gasteiger charge is -2.20. The molecule has 3 rings (SSSR count). The van der Waals surface area contributed by atoms with Crippen LogP contribution < -0.4 is 15.2 Å². The van der Waals surface area contributed by atoms with Crippen molar-refractivity contribution in [3.63, 3.8) is 0 Å². The fourth-order valence-corrected chi connectivity index (χ4v) is 3.24. The van der Waals surface area contributed by atoms with Crippen LogP contribution in [0.4, 0.5) is 5.82 Å². The minimum absolute atomic E-state index is 0.248. The topological polar surface area (TPSA) is 83.2 Å². The van der Waals surface area contributed by atoms with E-state index in [1.807, 2.05) is 25.1 Å². The summed E-state index contributed by atoms with van der Waals surface area (Å²) in [6, 6.07) is 5.74. The van der Waals surface area contributed by atoms with Crippen molar-refractivity contribution in [1.29, 1.82) is 0 Å². The van der Waals surface area contributed by atoms with Gasteiger partial charge in [-0.3, -0.25) is 0 Å². The number of aromatic nitrogens is 3. The first kappa shape index (κ1) is 17.0. The molecule has 0 fully saturated rings. The lowest BCUT2D eigenvalue weighted by atomic mass is 9.89. The molecule has 2 aromatic heterocycles. The van der Waals surface area contributed by atoms with Gasteiger partial charge >= 0.3 is 0 Å². The van der Waals surface area contributed by atoms with Crippen molar-refractivity contribution in [2.75, 3.05) is 20.0 Å². The third-order valence-corrected chi connectivity index (χ3v) is 4.29. The van der Waals surface area contributed by atoms with Crippen molar-refractivity contribution in [1.82, 2.24) is 15.0 Å². The highest BCUT2D eigenvalue weighted by Gasteiger charge is 2.22. The van der Waals surface area contributed by atoms with Crippen molar-refractivity contribution < 1.29 is 9.47 Å². The van der Waals surface area contributed by atoms with E-state index >= 15 is 0 Å². The van der Waals surface area contributed by atoms with Gasteiger partial charge in [-0.2, -0.15) is 0 Å². The SMILES string of the molecule is COc1ccc(-c2c(C(C)C)c(C)nc3ncnc(N)c23)c(OC)c1. The quantitative estimate of drug-likeness (QED) is 0.780. The zero-order chi connectivity index (χ0) is 18.1. The number of benzene rings is 1. The number of nitrogens with two attached hydrogens (primary N) is 1. The number of nitrogen functional groups attached to an aromatic ring is 1. The van der Waals surface area contributed by atoms with Crippen molar-refractivity contribution in [2.24, 2.45) is 0 Å². The normalized spacial score (nSPS) is 11.1. The molecule has 130 valence electrons. The van der Waals surface area contributed by atoms with Gasteiger partial charge in [-0.05, 0) is 30.5 Å². The lowest BCUT2D eigenvalue weighted by Crippen LogP contribution is -2.05. The second-order valence-corrected chi connectivity index (χ2v) is 6.16. The number of rotatable bonds is 4. The van der Waals surface area contributed by atoms with Gasteiger partial charge in [0, 0.05) is 22.9 Å². The average Bonchev–Trinajstić information content (AvgIpc) is 2.59. The first-order valence-electron chi connectivity index (χ1n) is 8.11. The van der Waals surface area contributed by atoms with Crippen LogP contribution in [0.5, 0.6) is 11.5 Å². The molecular weight excluding hydrogens is 316 g/mol. The highest BCUT2D eigenvalue weighted by Crippen LogP contribution is 2.43. The summed E-state index contributed by atoms with van der Waals surface area (Å²) >= 11 is 0. The highest BCUT2D eigenvalue weighted by atomic mass is 16.5. The Bertz CT molecular complexity index is 938. The van der Waals surface area contributed by atoms with Crippen LogP contribution in [0.2, 0.25) is 0 Å². The number of pyridine rings is 1. The zero-order valence-electron chi connectivity index (χ0n) is 15.1.